The van der Waals surface area contributed by atoms with Crippen LogP contribution in [-0.2, 0) is 4.79 Å². The Morgan fingerprint density at radius 3 is 2.38 bits per heavy atom. The van der Waals surface area contributed by atoms with E-state index in [2.05, 4.69) is 10.2 Å². The zero-order valence-electron chi connectivity index (χ0n) is 14.5. The summed E-state index contributed by atoms with van der Waals surface area (Å²) in [5.74, 6) is -2.04. The molecule has 1 saturated heterocycles. The van der Waals surface area contributed by atoms with Crippen molar-refractivity contribution < 1.29 is 18.3 Å². The van der Waals surface area contributed by atoms with Gasteiger partial charge in [-0.1, -0.05) is 12.8 Å². The Bertz CT molecular complexity index is 742. The Hall–Kier alpha value is -2.63. The number of ether oxygens (including phenoxy) is 1. The second-order valence-corrected chi connectivity index (χ2v) is 6.36. The number of halogens is 2. The third-order valence-electron chi connectivity index (χ3n) is 4.37. The summed E-state index contributed by atoms with van der Waals surface area (Å²) in [5.41, 5.74) is 1.78. The van der Waals surface area contributed by atoms with Gasteiger partial charge >= 0.3 is 0 Å². The van der Waals surface area contributed by atoms with E-state index in [1.54, 1.807) is 0 Å². The molecule has 2 aromatic carbocycles. The number of rotatable bonds is 5. The van der Waals surface area contributed by atoms with Crippen molar-refractivity contribution in [2.24, 2.45) is 0 Å². The molecule has 1 heterocycles. The molecule has 0 unspecified atom stereocenters. The molecule has 6 heteroatoms. The van der Waals surface area contributed by atoms with Gasteiger partial charge in [0, 0.05) is 30.5 Å². The highest BCUT2D eigenvalue weighted by Gasteiger charge is 2.11. The summed E-state index contributed by atoms with van der Waals surface area (Å²) in [7, 11) is 0. The number of hydrogen-bond donors (Lipinski definition) is 1. The zero-order chi connectivity index (χ0) is 18.4. The standard InChI is InChI=1S/C20H22F2N2O2/c21-15-5-10-18(22)19(13-15)26-14-20(25)23-16-6-8-17(9-7-16)24-11-3-1-2-4-12-24/h5-10,13H,1-4,11-12,14H2,(H,23,25). The van der Waals surface area contributed by atoms with Crippen LogP contribution in [0.5, 0.6) is 5.75 Å². The van der Waals surface area contributed by atoms with Crippen molar-refractivity contribution >= 4 is 17.3 Å². The first-order valence-corrected chi connectivity index (χ1v) is 8.84. The molecule has 0 bridgehead atoms. The van der Waals surface area contributed by atoms with E-state index in [1.807, 2.05) is 24.3 Å². The van der Waals surface area contributed by atoms with Gasteiger partial charge in [0.2, 0.25) is 0 Å². The minimum absolute atomic E-state index is 0.281. The number of anilines is 2. The zero-order valence-corrected chi connectivity index (χ0v) is 14.5. The molecule has 2 aromatic rings. The predicted octanol–water partition coefficient (Wildman–Crippen LogP) is 4.36. The molecular formula is C20H22F2N2O2. The summed E-state index contributed by atoms with van der Waals surface area (Å²) < 4.78 is 31.6. The summed E-state index contributed by atoms with van der Waals surface area (Å²) in [6.45, 7) is 1.71. The summed E-state index contributed by atoms with van der Waals surface area (Å²) in [4.78, 5) is 14.3. The highest BCUT2D eigenvalue weighted by atomic mass is 19.1. The smallest absolute Gasteiger partial charge is 0.262 e. The molecule has 0 radical (unpaired) electrons. The van der Waals surface area contributed by atoms with Gasteiger partial charge in [0.1, 0.15) is 5.82 Å². The molecular weight excluding hydrogens is 338 g/mol. The number of carbonyl (C=O) groups is 1. The third kappa shape index (κ3) is 4.94. The van der Waals surface area contributed by atoms with Gasteiger partial charge in [-0.2, -0.15) is 0 Å². The fourth-order valence-electron chi connectivity index (χ4n) is 3.01. The monoisotopic (exact) mass is 360 g/mol. The molecule has 1 fully saturated rings. The van der Waals surface area contributed by atoms with Gasteiger partial charge in [0.05, 0.1) is 0 Å². The molecule has 0 atom stereocenters. The first kappa shape index (κ1) is 18.2. The van der Waals surface area contributed by atoms with Crippen LogP contribution in [-0.4, -0.2) is 25.6 Å². The molecule has 4 nitrogen and oxygen atoms in total. The molecule has 0 aromatic heterocycles. The molecule has 1 N–H and O–H groups in total. The lowest BCUT2D eigenvalue weighted by atomic mass is 10.2. The Morgan fingerprint density at radius 2 is 1.69 bits per heavy atom. The highest BCUT2D eigenvalue weighted by Crippen LogP contribution is 2.22. The van der Waals surface area contributed by atoms with E-state index in [0.29, 0.717) is 5.69 Å². The van der Waals surface area contributed by atoms with Crippen molar-refractivity contribution in [3.05, 3.63) is 54.1 Å². The Morgan fingerprint density at radius 1 is 1.00 bits per heavy atom. The number of nitrogens with zero attached hydrogens (tertiary/aromatic N) is 1. The second kappa shape index (κ2) is 8.65. The van der Waals surface area contributed by atoms with Gasteiger partial charge in [-0.25, -0.2) is 8.78 Å². The molecule has 26 heavy (non-hydrogen) atoms. The van der Waals surface area contributed by atoms with Crippen LogP contribution >= 0.6 is 0 Å². The largest absolute Gasteiger partial charge is 0.481 e. The van der Waals surface area contributed by atoms with E-state index in [-0.39, 0.29) is 5.75 Å². The molecule has 1 aliphatic rings. The fraction of sp³-hybridized carbons (Fsp3) is 0.350. The Labute approximate surface area is 151 Å². The van der Waals surface area contributed by atoms with Crippen molar-refractivity contribution in [1.29, 1.82) is 0 Å². The van der Waals surface area contributed by atoms with Gasteiger partial charge in [0.15, 0.2) is 18.2 Å². The van der Waals surface area contributed by atoms with Crippen LogP contribution in [0.1, 0.15) is 25.7 Å². The topological polar surface area (TPSA) is 41.6 Å². The maximum absolute atomic E-state index is 13.5. The summed E-state index contributed by atoms with van der Waals surface area (Å²) in [6, 6.07) is 10.5. The van der Waals surface area contributed by atoms with E-state index in [1.165, 1.54) is 25.7 Å². The third-order valence-corrected chi connectivity index (χ3v) is 4.37. The number of hydrogen-bond acceptors (Lipinski definition) is 3. The number of benzene rings is 2. The van der Waals surface area contributed by atoms with Gasteiger partial charge in [-0.3, -0.25) is 4.79 Å². The van der Waals surface area contributed by atoms with Crippen LogP contribution in [0.2, 0.25) is 0 Å². The van der Waals surface area contributed by atoms with Crippen molar-refractivity contribution in [1.82, 2.24) is 0 Å². The highest BCUT2D eigenvalue weighted by molar-refractivity contribution is 5.92. The van der Waals surface area contributed by atoms with Gasteiger partial charge < -0.3 is 15.0 Å². The average Bonchev–Trinajstić information content (AvgIpc) is 2.92. The van der Waals surface area contributed by atoms with E-state index in [9.17, 15) is 13.6 Å². The molecule has 3 rings (SSSR count). The Balaban J connectivity index is 1.53. The van der Waals surface area contributed by atoms with E-state index in [4.69, 9.17) is 4.74 Å². The fourth-order valence-corrected chi connectivity index (χ4v) is 3.01. The van der Waals surface area contributed by atoms with Crippen LogP contribution in [0.15, 0.2) is 42.5 Å². The van der Waals surface area contributed by atoms with E-state index < -0.39 is 24.1 Å². The van der Waals surface area contributed by atoms with Crippen molar-refractivity contribution in [3.8, 4) is 5.75 Å². The van der Waals surface area contributed by atoms with Crippen molar-refractivity contribution in [2.75, 3.05) is 29.9 Å². The molecule has 0 saturated carbocycles. The lowest BCUT2D eigenvalue weighted by molar-refractivity contribution is -0.118. The maximum Gasteiger partial charge on any atom is 0.262 e. The lowest BCUT2D eigenvalue weighted by Crippen LogP contribution is -2.24. The second-order valence-electron chi connectivity index (χ2n) is 6.36. The van der Waals surface area contributed by atoms with E-state index >= 15 is 0 Å². The summed E-state index contributed by atoms with van der Waals surface area (Å²) in [6.07, 6.45) is 4.95. The normalized spacial score (nSPS) is 14.6. The SMILES string of the molecule is O=C(COc1cc(F)ccc1F)Nc1ccc(N2CCCCCC2)cc1. The first-order chi connectivity index (χ1) is 12.6. The van der Waals surface area contributed by atoms with Crippen LogP contribution in [0.4, 0.5) is 20.2 Å². The number of amides is 1. The molecule has 1 aliphatic heterocycles. The average molecular weight is 360 g/mol. The van der Waals surface area contributed by atoms with Crippen LogP contribution < -0.4 is 15.0 Å². The number of nitrogens with one attached hydrogen (secondary N) is 1. The minimum atomic E-state index is -0.707. The molecule has 138 valence electrons. The minimum Gasteiger partial charge on any atom is -0.481 e. The van der Waals surface area contributed by atoms with E-state index in [0.717, 1.165) is 37.0 Å². The van der Waals surface area contributed by atoms with Crippen LogP contribution in [0.25, 0.3) is 0 Å². The van der Waals surface area contributed by atoms with Gasteiger partial charge in [-0.15, -0.1) is 0 Å². The van der Waals surface area contributed by atoms with Crippen LogP contribution in [0, 0.1) is 11.6 Å². The molecule has 1 amide bonds. The molecule has 0 aliphatic carbocycles. The van der Waals surface area contributed by atoms with Gasteiger partial charge in [0.25, 0.3) is 5.91 Å². The van der Waals surface area contributed by atoms with Crippen LogP contribution in [0.3, 0.4) is 0 Å². The first-order valence-electron chi connectivity index (χ1n) is 8.84. The Kier molecular flexibility index (Phi) is 6.04. The predicted molar refractivity (Wildman–Crippen MR) is 97.6 cm³/mol. The van der Waals surface area contributed by atoms with Gasteiger partial charge in [-0.05, 0) is 49.2 Å². The number of carbonyl (C=O) groups excluding carboxylic acids is 1. The quantitative estimate of drug-likeness (QED) is 0.861. The summed E-state index contributed by atoms with van der Waals surface area (Å²) >= 11 is 0. The molecule has 0 spiro atoms. The lowest BCUT2D eigenvalue weighted by Gasteiger charge is -2.22. The van der Waals surface area contributed by atoms with Crippen molar-refractivity contribution in [2.45, 2.75) is 25.7 Å². The maximum atomic E-state index is 13.5. The van der Waals surface area contributed by atoms with Crippen molar-refractivity contribution in [3.63, 3.8) is 0 Å². The summed E-state index contributed by atoms with van der Waals surface area (Å²) in [5, 5.41) is 2.69.